The zero-order chi connectivity index (χ0) is 9.68. The minimum atomic E-state index is -0.619. The Balaban J connectivity index is 2.36. The molecule has 1 aromatic heterocycles. The van der Waals surface area contributed by atoms with Gasteiger partial charge >= 0.3 is 0 Å². The van der Waals surface area contributed by atoms with E-state index in [-0.39, 0.29) is 12.5 Å². The first-order valence-electron chi connectivity index (χ1n) is 4.15. The Morgan fingerprint density at radius 3 is 3.08 bits per heavy atom. The van der Waals surface area contributed by atoms with Crippen LogP contribution in [-0.2, 0) is 6.54 Å². The van der Waals surface area contributed by atoms with Crippen LogP contribution in [-0.4, -0.2) is 33.5 Å². The lowest BCUT2D eigenvalue weighted by molar-refractivity contribution is 0.125. The molecule has 1 atom stereocenters. The lowest BCUT2D eigenvalue weighted by Crippen LogP contribution is -2.18. The monoisotopic (exact) mass is 204 g/mol. The van der Waals surface area contributed by atoms with Gasteiger partial charge in [-0.1, -0.05) is 0 Å². The van der Waals surface area contributed by atoms with Crippen LogP contribution in [0.5, 0.6) is 5.75 Å². The van der Waals surface area contributed by atoms with Gasteiger partial charge in [0.05, 0.1) is 18.3 Å². The molecule has 13 heavy (non-hydrogen) atoms. The molecule has 1 unspecified atom stereocenters. The zero-order valence-corrected chi connectivity index (χ0v) is 8.24. The summed E-state index contributed by atoms with van der Waals surface area (Å²) in [7, 11) is 0. The summed E-state index contributed by atoms with van der Waals surface area (Å²) in [6.45, 7) is 3.00. The molecule has 0 aliphatic carbocycles. The van der Waals surface area contributed by atoms with Crippen LogP contribution >= 0.6 is 11.6 Å². The number of hydrogen-bond donors (Lipinski definition) is 1. The summed E-state index contributed by atoms with van der Waals surface area (Å²) in [6.07, 6.45) is 2.78. The standard InChI is InChI=1S/C8H13ClN2O2/c1-2-11-5-8(4-10-11)13-6-7(12)3-9/h4-5,7,12H,2-3,6H2,1H3. The highest BCUT2D eigenvalue weighted by Gasteiger charge is 2.03. The van der Waals surface area contributed by atoms with Crippen LogP contribution < -0.4 is 4.74 Å². The Kier molecular flexibility index (Phi) is 4.05. The summed E-state index contributed by atoms with van der Waals surface area (Å²) in [5, 5.41) is 13.1. The second-order valence-corrected chi connectivity index (χ2v) is 2.96. The summed E-state index contributed by atoms with van der Waals surface area (Å²) in [6, 6.07) is 0. The predicted molar refractivity (Wildman–Crippen MR) is 50.1 cm³/mol. The molecule has 0 saturated carbocycles. The first-order chi connectivity index (χ1) is 6.26. The van der Waals surface area contributed by atoms with E-state index in [0.29, 0.717) is 5.75 Å². The van der Waals surface area contributed by atoms with E-state index in [0.717, 1.165) is 6.54 Å². The molecule has 0 radical (unpaired) electrons. The smallest absolute Gasteiger partial charge is 0.157 e. The molecule has 0 aromatic carbocycles. The van der Waals surface area contributed by atoms with Crippen molar-refractivity contribution in [1.29, 1.82) is 0 Å². The van der Waals surface area contributed by atoms with Crippen molar-refractivity contribution < 1.29 is 9.84 Å². The van der Waals surface area contributed by atoms with Gasteiger partial charge in [0, 0.05) is 6.54 Å². The molecule has 74 valence electrons. The Morgan fingerprint density at radius 2 is 2.54 bits per heavy atom. The third-order valence-electron chi connectivity index (χ3n) is 1.55. The molecule has 1 heterocycles. The first-order valence-corrected chi connectivity index (χ1v) is 4.69. The van der Waals surface area contributed by atoms with E-state index in [1.54, 1.807) is 17.1 Å². The molecule has 1 aromatic rings. The summed E-state index contributed by atoms with van der Waals surface area (Å²) < 4.78 is 6.98. The van der Waals surface area contributed by atoms with Gasteiger partial charge in [-0.15, -0.1) is 11.6 Å². The van der Waals surface area contributed by atoms with Crippen molar-refractivity contribution in [1.82, 2.24) is 9.78 Å². The Labute approximate surface area is 82.1 Å². The topological polar surface area (TPSA) is 47.3 Å². The normalized spacial score (nSPS) is 12.8. The largest absolute Gasteiger partial charge is 0.488 e. The van der Waals surface area contributed by atoms with Gasteiger partial charge in [0.1, 0.15) is 12.7 Å². The predicted octanol–water partition coefficient (Wildman–Crippen LogP) is 0.881. The average Bonchev–Trinajstić information content (AvgIpc) is 2.61. The third kappa shape index (κ3) is 3.24. The van der Waals surface area contributed by atoms with Crippen molar-refractivity contribution in [3.05, 3.63) is 12.4 Å². The third-order valence-corrected chi connectivity index (χ3v) is 1.91. The minimum Gasteiger partial charge on any atom is -0.488 e. The van der Waals surface area contributed by atoms with Crippen molar-refractivity contribution in [2.24, 2.45) is 0 Å². The zero-order valence-electron chi connectivity index (χ0n) is 7.48. The number of halogens is 1. The van der Waals surface area contributed by atoms with Gasteiger partial charge in [0.25, 0.3) is 0 Å². The van der Waals surface area contributed by atoms with Crippen molar-refractivity contribution in [3.63, 3.8) is 0 Å². The SMILES string of the molecule is CCn1cc(OCC(O)CCl)cn1. The van der Waals surface area contributed by atoms with Crippen LogP contribution in [0.3, 0.4) is 0 Å². The molecule has 4 nitrogen and oxygen atoms in total. The summed E-state index contributed by atoms with van der Waals surface area (Å²) in [5.74, 6) is 0.841. The molecule has 0 bridgehead atoms. The number of aryl methyl sites for hydroxylation is 1. The fraction of sp³-hybridized carbons (Fsp3) is 0.625. The summed E-state index contributed by atoms with van der Waals surface area (Å²) >= 11 is 5.40. The lowest BCUT2D eigenvalue weighted by atomic mass is 10.4. The highest BCUT2D eigenvalue weighted by Crippen LogP contribution is 2.08. The molecule has 5 heteroatoms. The maximum absolute atomic E-state index is 9.10. The fourth-order valence-corrected chi connectivity index (χ4v) is 0.918. The van der Waals surface area contributed by atoms with Crippen molar-refractivity contribution in [3.8, 4) is 5.75 Å². The highest BCUT2D eigenvalue weighted by molar-refractivity contribution is 6.18. The molecule has 0 fully saturated rings. The number of aliphatic hydroxyl groups excluding tert-OH is 1. The van der Waals surface area contributed by atoms with E-state index < -0.39 is 6.10 Å². The van der Waals surface area contributed by atoms with Gasteiger partial charge in [-0.05, 0) is 6.92 Å². The Bertz CT molecular complexity index is 252. The summed E-state index contributed by atoms with van der Waals surface area (Å²) in [4.78, 5) is 0. The molecule has 0 amide bonds. The molecule has 0 aliphatic rings. The lowest BCUT2D eigenvalue weighted by Gasteiger charge is -2.06. The molecular weight excluding hydrogens is 192 g/mol. The average molecular weight is 205 g/mol. The van der Waals surface area contributed by atoms with Crippen LogP contribution in [0, 0.1) is 0 Å². The van der Waals surface area contributed by atoms with Crippen LogP contribution in [0.1, 0.15) is 6.92 Å². The van der Waals surface area contributed by atoms with E-state index in [9.17, 15) is 0 Å². The maximum atomic E-state index is 9.10. The van der Waals surface area contributed by atoms with Crippen LogP contribution in [0.15, 0.2) is 12.4 Å². The minimum absolute atomic E-state index is 0.182. The van der Waals surface area contributed by atoms with Crippen LogP contribution in [0.4, 0.5) is 0 Å². The van der Waals surface area contributed by atoms with Gasteiger partial charge in [0.2, 0.25) is 0 Å². The van der Waals surface area contributed by atoms with Crippen molar-refractivity contribution in [2.45, 2.75) is 19.6 Å². The van der Waals surface area contributed by atoms with E-state index in [1.165, 1.54) is 0 Å². The van der Waals surface area contributed by atoms with Crippen molar-refractivity contribution in [2.75, 3.05) is 12.5 Å². The number of hydrogen-bond acceptors (Lipinski definition) is 3. The number of nitrogens with zero attached hydrogens (tertiary/aromatic N) is 2. The van der Waals surface area contributed by atoms with Crippen molar-refractivity contribution >= 4 is 11.6 Å². The van der Waals surface area contributed by atoms with E-state index in [4.69, 9.17) is 21.4 Å². The molecule has 1 N–H and O–H groups in total. The van der Waals surface area contributed by atoms with Gasteiger partial charge < -0.3 is 9.84 Å². The van der Waals surface area contributed by atoms with E-state index in [2.05, 4.69) is 5.10 Å². The highest BCUT2D eigenvalue weighted by atomic mass is 35.5. The first kappa shape index (κ1) is 10.3. The second kappa shape index (κ2) is 5.09. The number of aliphatic hydroxyl groups is 1. The Morgan fingerprint density at radius 1 is 1.77 bits per heavy atom. The molecule has 0 spiro atoms. The molecular formula is C8H13ClN2O2. The molecule has 0 aliphatic heterocycles. The molecule has 1 rings (SSSR count). The van der Waals surface area contributed by atoms with Crippen LogP contribution in [0.25, 0.3) is 0 Å². The van der Waals surface area contributed by atoms with Gasteiger partial charge in [-0.2, -0.15) is 5.10 Å². The summed E-state index contributed by atoms with van der Waals surface area (Å²) in [5.41, 5.74) is 0. The van der Waals surface area contributed by atoms with E-state index >= 15 is 0 Å². The number of alkyl halides is 1. The van der Waals surface area contributed by atoms with E-state index in [1.807, 2.05) is 6.92 Å². The quantitative estimate of drug-likeness (QED) is 0.725. The second-order valence-electron chi connectivity index (χ2n) is 2.65. The Hall–Kier alpha value is -0.740. The maximum Gasteiger partial charge on any atom is 0.157 e. The van der Waals surface area contributed by atoms with Crippen LogP contribution in [0.2, 0.25) is 0 Å². The van der Waals surface area contributed by atoms with Gasteiger partial charge in [-0.3, -0.25) is 4.68 Å². The fourth-order valence-electron chi connectivity index (χ4n) is 0.829. The van der Waals surface area contributed by atoms with Gasteiger partial charge in [0.15, 0.2) is 5.75 Å². The number of rotatable bonds is 5. The molecule has 0 saturated heterocycles. The van der Waals surface area contributed by atoms with Gasteiger partial charge in [-0.25, -0.2) is 0 Å². The number of ether oxygens (including phenoxy) is 1. The number of aromatic nitrogens is 2.